The predicted molar refractivity (Wildman–Crippen MR) is 129 cm³/mol. The number of carboxylic acids is 4. The fourth-order valence-corrected chi connectivity index (χ4v) is 1.90. The van der Waals surface area contributed by atoms with Crippen molar-refractivity contribution < 1.29 is 52.8 Å². The third-order valence-electron chi connectivity index (χ3n) is 4.10. The first-order valence-corrected chi connectivity index (χ1v) is 11.3. The molecule has 0 unspecified atom stereocenters. The number of alkyl halides is 3. The predicted octanol–water partition coefficient (Wildman–Crippen LogP) is -0.785. The second-order valence-corrected chi connectivity index (χ2v) is 7.49. The van der Waals surface area contributed by atoms with E-state index >= 15 is 0 Å². The minimum Gasteiger partial charge on any atom is -0.480 e. The summed E-state index contributed by atoms with van der Waals surface area (Å²) in [6.45, 7) is 1.81. The first-order valence-electron chi connectivity index (χ1n) is 11.3. The first-order chi connectivity index (χ1) is 17.0. The van der Waals surface area contributed by atoms with Crippen LogP contribution in [0, 0.1) is 0 Å². The smallest absolute Gasteiger partial charge is 0.480 e. The Morgan fingerprint density at radius 3 is 0.838 bits per heavy atom. The summed E-state index contributed by atoms with van der Waals surface area (Å²) in [5.74, 6) is -5.56. The van der Waals surface area contributed by atoms with E-state index in [4.69, 9.17) is 59.6 Å². The summed E-state index contributed by atoms with van der Waals surface area (Å²) in [6, 6.07) is -2.15. The van der Waals surface area contributed by atoms with E-state index in [0.717, 1.165) is 38.5 Å². The molecule has 17 heteroatoms. The Balaban J connectivity index is -0.000000198. The Bertz CT molecular complexity index is 553. The standard InChI is InChI=1S/3C6H14N2O2.C2HF3O2/c3*7-4-2-1-3-5(8)6(9)10;3-2(4,5)1(6)7/h3*5H,1-4,7-8H2,(H,9,10);(H,6,7)/t3*5-;/m000./s1. The minimum atomic E-state index is -5.08. The molecular formula is C20H43F3N6O8. The van der Waals surface area contributed by atoms with Gasteiger partial charge >= 0.3 is 30.1 Å². The quantitative estimate of drug-likeness (QED) is 0.111. The van der Waals surface area contributed by atoms with Gasteiger partial charge in [0.05, 0.1) is 0 Å². The lowest BCUT2D eigenvalue weighted by molar-refractivity contribution is -0.192. The van der Waals surface area contributed by atoms with Crippen molar-refractivity contribution in [2.24, 2.45) is 34.4 Å². The van der Waals surface area contributed by atoms with Crippen molar-refractivity contribution in [1.29, 1.82) is 0 Å². The van der Waals surface area contributed by atoms with E-state index in [1.54, 1.807) is 0 Å². The molecule has 0 aliphatic rings. The van der Waals surface area contributed by atoms with Crippen molar-refractivity contribution in [2.45, 2.75) is 82.1 Å². The number of hydrogen-bond donors (Lipinski definition) is 10. The number of halogens is 3. The highest BCUT2D eigenvalue weighted by atomic mass is 19.4. The Hall–Kier alpha value is -2.57. The van der Waals surface area contributed by atoms with Crippen LogP contribution < -0.4 is 34.4 Å². The maximum absolute atomic E-state index is 10.6. The lowest BCUT2D eigenvalue weighted by Crippen LogP contribution is -2.29. The number of nitrogens with two attached hydrogens (primary N) is 6. The number of rotatable bonds is 15. The monoisotopic (exact) mass is 552 g/mol. The molecule has 0 amide bonds. The van der Waals surface area contributed by atoms with E-state index in [-0.39, 0.29) is 0 Å². The number of carboxylic acid groups (broad SMARTS) is 4. The maximum Gasteiger partial charge on any atom is 0.490 e. The van der Waals surface area contributed by atoms with E-state index in [9.17, 15) is 27.6 Å². The Kier molecular flexibility index (Phi) is 29.8. The highest BCUT2D eigenvalue weighted by Gasteiger charge is 2.38. The summed E-state index contributed by atoms with van der Waals surface area (Å²) in [7, 11) is 0. The Morgan fingerprint density at radius 1 is 0.541 bits per heavy atom. The normalized spacial score (nSPS) is 12.7. The third kappa shape index (κ3) is 35.7. The highest BCUT2D eigenvalue weighted by Crippen LogP contribution is 2.13. The van der Waals surface area contributed by atoms with Crippen LogP contribution in [0.2, 0.25) is 0 Å². The molecule has 0 fully saturated rings. The minimum absolute atomic E-state index is 0.520. The molecule has 222 valence electrons. The van der Waals surface area contributed by atoms with Gasteiger partial charge in [-0.15, -0.1) is 0 Å². The number of hydrogen-bond acceptors (Lipinski definition) is 10. The maximum atomic E-state index is 10.6. The van der Waals surface area contributed by atoms with Crippen molar-refractivity contribution in [1.82, 2.24) is 0 Å². The van der Waals surface area contributed by atoms with Crippen molar-refractivity contribution in [2.75, 3.05) is 19.6 Å². The topological polar surface area (TPSA) is 305 Å². The zero-order chi connectivity index (χ0) is 30.0. The summed E-state index contributed by atoms with van der Waals surface area (Å²) in [4.78, 5) is 39.3. The summed E-state index contributed by atoms with van der Waals surface area (Å²) in [5, 5.41) is 32.1. The molecule has 0 spiro atoms. The van der Waals surface area contributed by atoms with Crippen LogP contribution in [0.25, 0.3) is 0 Å². The van der Waals surface area contributed by atoms with Gasteiger partial charge in [-0.1, -0.05) is 19.3 Å². The molecule has 37 heavy (non-hydrogen) atoms. The van der Waals surface area contributed by atoms with Gasteiger partial charge < -0.3 is 54.8 Å². The number of unbranched alkanes of at least 4 members (excludes halogenated alkanes) is 3. The lowest BCUT2D eigenvalue weighted by Gasteiger charge is -2.03. The number of aliphatic carboxylic acids is 4. The molecule has 3 atom stereocenters. The molecule has 14 nitrogen and oxygen atoms in total. The molecule has 0 aromatic carbocycles. The fraction of sp³-hybridized carbons (Fsp3) is 0.800. The van der Waals surface area contributed by atoms with Crippen LogP contribution in [0.1, 0.15) is 57.8 Å². The molecule has 0 radical (unpaired) electrons. The van der Waals surface area contributed by atoms with Crippen molar-refractivity contribution >= 4 is 23.9 Å². The van der Waals surface area contributed by atoms with Gasteiger partial charge in [0.1, 0.15) is 18.1 Å². The SMILES string of the molecule is NCCCC[C@H](N)C(=O)O.NCCCC[C@H](N)C(=O)O.NCCCC[C@H](N)C(=O)O.O=C(O)C(F)(F)F. The van der Waals surface area contributed by atoms with Gasteiger partial charge in [-0.2, -0.15) is 13.2 Å². The summed E-state index contributed by atoms with van der Waals surface area (Å²) in [6.07, 6.45) is 1.41. The molecule has 0 aliphatic carbocycles. The van der Waals surface area contributed by atoms with E-state index in [1.165, 1.54) is 0 Å². The van der Waals surface area contributed by atoms with E-state index < -0.39 is 48.2 Å². The summed E-state index contributed by atoms with van der Waals surface area (Å²) in [5.41, 5.74) is 31.3. The zero-order valence-corrected chi connectivity index (χ0v) is 20.7. The average molecular weight is 553 g/mol. The molecule has 0 saturated carbocycles. The molecule has 0 saturated heterocycles. The van der Waals surface area contributed by atoms with Gasteiger partial charge in [-0.25, -0.2) is 4.79 Å². The van der Waals surface area contributed by atoms with E-state index in [0.29, 0.717) is 38.9 Å². The van der Waals surface area contributed by atoms with Crippen molar-refractivity contribution in [3.63, 3.8) is 0 Å². The zero-order valence-electron chi connectivity index (χ0n) is 20.7. The van der Waals surface area contributed by atoms with Gasteiger partial charge in [0, 0.05) is 0 Å². The van der Waals surface area contributed by atoms with Gasteiger partial charge in [-0.05, 0) is 58.2 Å². The largest absolute Gasteiger partial charge is 0.490 e. The first kappa shape index (κ1) is 41.6. The number of carbonyl (C=O) groups is 4. The van der Waals surface area contributed by atoms with E-state index in [1.807, 2.05) is 0 Å². The van der Waals surface area contributed by atoms with Crippen molar-refractivity contribution in [3.05, 3.63) is 0 Å². The highest BCUT2D eigenvalue weighted by molar-refractivity contribution is 5.74. The molecular weight excluding hydrogens is 509 g/mol. The molecule has 0 rings (SSSR count). The molecule has 0 aliphatic heterocycles. The Labute approximate surface area is 213 Å². The van der Waals surface area contributed by atoms with Crippen LogP contribution in [0.4, 0.5) is 13.2 Å². The van der Waals surface area contributed by atoms with Crippen LogP contribution in [-0.4, -0.2) is 88.2 Å². The molecule has 16 N–H and O–H groups in total. The van der Waals surface area contributed by atoms with Crippen molar-refractivity contribution in [3.8, 4) is 0 Å². The van der Waals surface area contributed by atoms with Gasteiger partial charge in [0.2, 0.25) is 0 Å². The third-order valence-corrected chi connectivity index (χ3v) is 4.10. The molecule has 0 aromatic rings. The van der Waals surface area contributed by atoms with Crippen LogP contribution in [0.5, 0.6) is 0 Å². The van der Waals surface area contributed by atoms with Crippen LogP contribution in [0.15, 0.2) is 0 Å². The average Bonchev–Trinajstić information content (AvgIpc) is 2.79. The van der Waals surface area contributed by atoms with Gasteiger partial charge in [0.15, 0.2) is 0 Å². The van der Waals surface area contributed by atoms with Crippen LogP contribution in [0.3, 0.4) is 0 Å². The Morgan fingerprint density at radius 2 is 0.730 bits per heavy atom. The van der Waals surface area contributed by atoms with E-state index in [2.05, 4.69) is 0 Å². The fourth-order valence-electron chi connectivity index (χ4n) is 1.90. The molecule has 0 heterocycles. The van der Waals surface area contributed by atoms with Gasteiger partial charge in [0.25, 0.3) is 0 Å². The summed E-state index contributed by atoms with van der Waals surface area (Å²) >= 11 is 0. The molecule has 0 aromatic heterocycles. The summed E-state index contributed by atoms with van der Waals surface area (Å²) < 4.78 is 31.7. The second-order valence-electron chi connectivity index (χ2n) is 7.49. The van der Waals surface area contributed by atoms with Gasteiger partial charge in [-0.3, -0.25) is 14.4 Å². The van der Waals surface area contributed by atoms with Crippen LogP contribution in [-0.2, 0) is 19.2 Å². The lowest BCUT2D eigenvalue weighted by atomic mass is 10.1. The van der Waals surface area contributed by atoms with Crippen LogP contribution >= 0.6 is 0 Å². The second kappa shape index (κ2) is 26.5. The molecule has 0 bridgehead atoms.